The lowest BCUT2D eigenvalue weighted by Crippen LogP contribution is -2.30. The molecule has 0 aromatic heterocycles. The van der Waals surface area contributed by atoms with E-state index in [1.165, 1.54) is 12.8 Å². The van der Waals surface area contributed by atoms with Crippen LogP contribution < -0.4 is 10.6 Å². The second kappa shape index (κ2) is 5.18. The Balaban J connectivity index is 2.22. The third kappa shape index (κ3) is 2.61. The van der Waals surface area contributed by atoms with Gasteiger partial charge in [-0.05, 0) is 59.8 Å². The monoisotopic (exact) mass is 311 g/mol. The standard InChI is InChI=1S/C13H18BrN3O/c1-8(9-3-4-9)17(2)10-5-6-11(12(14)7-10)13(15)16-18/h5-9,18H,3-4H2,1-2H3,(H2,15,16). The molecule has 0 bridgehead atoms. The van der Waals surface area contributed by atoms with Crippen LogP contribution in [0.1, 0.15) is 25.3 Å². The smallest absolute Gasteiger partial charge is 0.171 e. The fourth-order valence-electron chi connectivity index (χ4n) is 2.11. The topological polar surface area (TPSA) is 61.8 Å². The Bertz CT molecular complexity index is 471. The lowest BCUT2D eigenvalue weighted by Gasteiger charge is -2.27. The zero-order valence-corrected chi connectivity index (χ0v) is 12.2. The lowest BCUT2D eigenvalue weighted by molar-refractivity contribution is 0.318. The first-order chi connectivity index (χ1) is 8.54. The number of anilines is 1. The molecule has 1 aromatic carbocycles. The molecule has 2 rings (SSSR count). The zero-order valence-electron chi connectivity index (χ0n) is 10.6. The molecule has 0 aliphatic heterocycles. The van der Waals surface area contributed by atoms with Gasteiger partial charge in [-0.25, -0.2) is 0 Å². The number of oxime groups is 1. The van der Waals surface area contributed by atoms with Crippen LogP contribution in [0.15, 0.2) is 27.8 Å². The van der Waals surface area contributed by atoms with Crippen LogP contribution in [0.4, 0.5) is 5.69 Å². The predicted molar refractivity (Wildman–Crippen MR) is 77.2 cm³/mol. The summed E-state index contributed by atoms with van der Waals surface area (Å²) in [5, 5.41) is 11.7. The van der Waals surface area contributed by atoms with Gasteiger partial charge < -0.3 is 15.8 Å². The van der Waals surface area contributed by atoms with E-state index in [-0.39, 0.29) is 5.84 Å². The van der Waals surface area contributed by atoms with Crippen molar-refractivity contribution in [2.45, 2.75) is 25.8 Å². The molecule has 5 heteroatoms. The molecule has 0 heterocycles. The van der Waals surface area contributed by atoms with E-state index in [1.807, 2.05) is 18.2 Å². The average Bonchev–Trinajstić information content (AvgIpc) is 3.20. The van der Waals surface area contributed by atoms with E-state index < -0.39 is 0 Å². The van der Waals surface area contributed by atoms with E-state index in [9.17, 15) is 0 Å². The van der Waals surface area contributed by atoms with Crippen molar-refractivity contribution in [1.29, 1.82) is 0 Å². The third-order valence-corrected chi connectivity index (χ3v) is 4.31. The van der Waals surface area contributed by atoms with Crippen molar-refractivity contribution in [1.82, 2.24) is 0 Å². The van der Waals surface area contributed by atoms with Gasteiger partial charge in [0.15, 0.2) is 5.84 Å². The number of amidine groups is 1. The van der Waals surface area contributed by atoms with Crippen LogP contribution in [-0.2, 0) is 0 Å². The maximum Gasteiger partial charge on any atom is 0.171 e. The normalized spacial score (nSPS) is 17.6. The number of nitrogens with two attached hydrogens (primary N) is 1. The summed E-state index contributed by atoms with van der Waals surface area (Å²) in [6.07, 6.45) is 2.66. The molecule has 1 atom stereocenters. The second-order valence-corrected chi connectivity index (χ2v) is 5.69. The molecule has 18 heavy (non-hydrogen) atoms. The van der Waals surface area contributed by atoms with Crippen LogP contribution in [0.2, 0.25) is 0 Å². The van der Waals surface area contributed by atoms with Crippen molar-refractivity contribution in [3.05, 3.63) is 28.2 Å². The number of nitrogens with zero attached hydrogens (tertiary/aromatic N) is 2. The number of benzene rings is 1. The Kier molecular flexibility index (Phi) is 3.80. The summed E-state index contributed by atoms with van der Waals surface area (Å²) in [5.74, 6) is 0.934. The maximum absolute atomic E-state index is 8.69. The van der Waals surface area contributed by atoms with Crippen LogP contribution in [0.5, 0.6) is 0 Å². The molecule has 0 spiro atoms. The first-order valence-electron chi connectivity index (χ1n) is 6.05. The van der Waals surface area contributed by atoms with Gasteiger partial charge in [-0.3, -0.25) is 0 Å². The maximum atomic E-state index is 8.69. The van der Waals surface area contributed by atoms with Gasteiger partial charge in [0.05, 0.1) is 0 Å². The largest absolute Gasteiger partial charge is 0.409 e. The van der Waals surface area contributed by atoms with Gasteiger partial charge in [0.25, 0.3) is 0 Å². The van der Waals surface area contributed by atoms with E-state index in [1.54, 1.807) is 0 Å². The Hall–Kier alpha value is -1.23. The Morgan fingerprint density at radius 2 is 2.22 bits per heavy atom. The summed E-state index contributed by atoms with van der Waals surface area (Å²) in [7, 11) is 2.11. The summed E-state index contributed by atoms with van der Waals surface area (Å²) in [4.78, 5) is 2.28. The highest BCUT2D eigenvalue weighted by Gasteiger charge is 2.30. The van der Waals surface area contributed by atoms with E-state index >= 15 is 0 Å². The van der Waals surface area contributed by atoms with Crippen molar-refractivity contribution < 1.29 is 5.21 Å². The third-order valence-electron chi connectivity index (χ3n) is 3.66. The van der Waals surface area contributed by atoms with E-state index in [0.717, 1.165) is 16.1 Å². The summed E-state index contributed by atoms with van der Waals surface area (Å²) >= 11 is 3.46. The molecular formula is C13H18BrN3O. The van der Waals surface area contributed by atoms with Crippen LogP contribution in [-0.4, -0.2) is 24.1 Å². The molecule has 98 valence electrons. The van der Waals surface area contributed by atoms with Crippen molar-refractivity contribution >= 4 is 27.5 Å². The zero-order chi connectivity index (χ0) is 13.3. The van der Waals surface area contributed by atoms with Crippen LogP contribution in [0.3, 0.4) is 0 Å². The van der Waals surface area contributed by atoms with Crippen molar-refractivity contribution in [3.63, 3.8) is 0 Å². The van der Waals surface area contributed by atoms with E-state index in [4.69, 9.17) is 10.9 Å². The number of hydrogen-bond donors (Lipinski definition) is 2. The van der Waals surface area contributed by atoms with Crippen LogP contribution in [0.25, 0.3) is 0 Å². The van der Waals surface area contributed by atoms with Gasteiger partial charge in [-0.2, -0.15) is 0 Å². The molecule has 1 fully saturated rings. The Morgan fingerprint density at radius 1 is 1.56 bits per heavy atom. The molecule has 1 unspecified atom stereocenters. The number of rotatable bonds is 4. The highest BCUT2D eigenvalue weighted by molar-refractivity contribution is 9.10. The molecule has 4 nitrogen and oxygen atoms in total. The quantitative estimate of drug-likeness (QED) is 0.389. The minimum absolute atomic E-state index is 0.117. The van der Waals surface area contributed by atoms with Gasteiger partial charge in [0.1, 0.15) is 0 Å². The predicted octanol–water partition coefficient (Wildman–Crippen LogP) is 2.78. The van der Waals surface area contributed by atoms with Crippen LogP contribution in [0, 0.1) is 5.92 Å². The minimum Gasteiger partial charge on any atom is -0.409 e. The molecule has 0 radical (unpaired) electrons. The van der Waals surface area contributed by atoms with Gasteiger partial charge in [-0.1, -0.05) is 5.16 Å². The van der Waals surface area contributed by atoms with Crippen molar-refractivity contribution in [2.24, 2.45) is 16.8 Å². The number of hydrogen-bond acceptors (Lipinski definition) is 3. The first-order valence-corrected chi connectivity index (χ1v) is 6.84. The van der Waals surface area contributed by atoms with Crippen molar-refractivity contribution in [3.8, 4) is 0 Å². The number of halogens is 1. The summed E-state index contributed by atoms with van der Waals surface area (Å²) in [6.45, 7) is 2.25. The van der Waals surface area contributed by atoms with Crippen LogP contribution >= 0.6 is 15.9 Å². The molecule has 1 aliphatic carbocycles. The second-order valence-electron chi connectivity index (χ2n) is 4.84. The summed E-state index contributed by atoms with van der Waals surface area (Å²) in [5.41, 5.74) is 7.43. The van der Waals surface area contributed by atoms with Gasteiger partial charge in [-0.15, -0.1) is 0 Å². The molecule has 3 N–H and O–H groups in total. The van der Waals surface area contributed by atoms with Crippen molar-refractivity contribution in [2.75, 3.05) is 11.9 Å². The first kappa shape index (κ1) is 13.2. The highest BCUT2D eigenvalue weighted by atomic mass is 79.9. The van der Waals surface area contributed by atoms with Gasteiger partial charge in [0.2, 0.25) is 0 Å². The molecule has 1 saturated carbocycles. The highest BCUT2D eigenvalue weighted by Crippen LogP contribution is 2.36. The Labute approximate surface area is 116 Å². The molecular weight excluding hydrogens is 294 g/mol. The fraction of sp³-hybridized carbons (Fsp3) is 0.462. The lowest BCUT2D eigenvalue weighted by atomic mass is 10.1. The molecule has 0 saturated heterocycles. The SMILES string of the molecule is CC(C1CC1)N(C)c1ccc(/C(N)=N/O)c(Br)c1. The Morgan fingerprint density at radius 3 is 2.72 bits per heavy atom. The van der Waals surface area contributed by atoms with Gasteiger partial charge in [0, 0.05) is 28.8 Å². The molecule has 1 aromatic rings. The average molecular weight is 312 g/mol. The minimum atomic E-state index is 0.117. The van der Waals surface area contributed by atoms with Gasteiger partial charge >= 0.3 is 0 Å². The fourth-order valence-corrected chi connectivity index (χ4v) is 2.68. The molecule has 1 aliphatic rings. The van der Waals surface area contributed by atoms with E-state index in [2.05, 4.69) is 40.0 Å². The van der Waals surface area contributed by atoms with E-state index in [0.29, 0.717) is 11.6 Å². The summed E-state index contributed by atoms with van der Waals surface area (Å²) in [6, 6.07) is 6.42. The molecule has 0 amide bonds. The summed E-state index contributed by atoms with van der Waals surface area (Å²) < 4.78 is 0.838.